The van der Waals surface area contributed by atoms with Crippen LogP contribution in [0.3, 0.4) is 0 Å². The quantitative estimate of drug-likeness (QED) is 0.512. The third-order valence-electron chi connectivity index (χ3n) is 3.52. The van der Waals surface area contributed by atoms with Gasteiger partial charge >= 0.3 is 0 Å². The Hall–Kier alpha value is -2.65. The number of carbonyl (C=O) groups is 2. The molecule has 3 N–H and O–H groups in total. The number of primary amides is 1. The van der Waals surface area contributed by atoms with Gasteiger partial charge in [0.1, 0.15) is 5.75 Å². The lowest BCUT2D eigenvalue weighted by atomic mass is 10.2. The van der Waals surface area contributed by atoms with E-state index in [1.165, 1.54) is 12.3 Å². The normalized spacial score (nSPS) is 10.3. The van der Waals surface area contributed by atoms with Gasteiger partial charge in [0, 0.05) is 20.8 Å². The minimum atomic E-state index is -0.539. The lowest BCUT2D eigenvalue weighted by Crippen LogP contribution is -2.12. The standard InChI is InChI=1S/C19H13ClIN3O3/c20-15-6-4-12(9-16(15)21)19(26)24-13-5-7-17(23-10-13)27-14-3-1-2-11(8-14)18(22)25/h1-10H,(H2,22,25)(H,24,26). The van der Waals surface area contributed by atoms with Crippen molar-refractivity contribution in [1.29, 1.82) is 0 Å². The molecular weight excluding hydrogens is 481 g/mol. The maximum Gasteiger partial charge on any atom is 0.255 e. The van der Waals surface area contributed by atoms with E-state index in [2.05, 4.69) is 32.9 Å². The molecule has 6 nitrogen and oxygen atoms in total. The summed E-state index contributed by atoms with van der Waals surface area (Å²) in [5, 5.41) is 3.35. The fourth-order valence-electron chi connectivity index (χ4n) is 2.19. The molecule has 136 valence electrons. The highest BCUT2D eigenvalue weighted by Crippen LogP contribution is 2.23. The molecular formula is C19H13ClIN3O3. The molecule has 0 aliphatic carbocycles. The Balaban J connectivity index is 1.68. The molecule has 0 aliphatic rings. The second-order valence-corrected chi connectivity index (χ2v) is 7.03. The Kier molecular flexibility index (Phi) is 5.92. The monoisotopic (exact) mass is 493 g/mol. The highest BCUT2D eigenvalue weighted by molar-refractivity contribution is 14.1. The number of carbonyl (C=O) groups excluding carboxylic acids is 2. The Morgan fingerprint density at radius 1 is 1.07 bits per heavy atom. The van der Waals surface area contributed by atoms with Gasteiger partial charge in [-0.3, -0.25) is 9.59 Å². The van der Waals surface area contributed by atoms with Gasteiger partial charge in [0.25, 0.3) is 5.91 Å². The summed E-state index contributed by atoms with van der Waals surface area (Å²) in [6.45, 7) is 0. The van der Waals surface area contributed by atoms with E-state index in [4.69, 9.17) is 22.1 Å². The Labute approximate surface area is 173 Å². The van der Waals surface area contributed by atoms with E-state index in [1.807, 2.05) is 0 Å². The highest BCUT2D eigenvalue weighted by Gasteiger charge is 2.09. The molecule has 1 aromatic heterocycles. The van der Waals surface area contributed by atoms with Gasteiger partial charge in [-0.15, -0.1) is 0 Å². The van der Waals surface area contributed by atoms with Crippen LogP contribution in [0.1, 0.15) is 20.7 Å². The van der Waals surface area contributed by atoms with Crippen molar-refractivity contribution in [3.63, 3.8) is 0 Å². The summed E-state index contributed by atoms with van der Waals surface area (Å²) in [5.74, 6) is -0.0560. The first kappa shape index (κ1) is 19.1. The molecule has 0 fully saturated rings. The molecule has 2 amide bonds. The van der Waals surface area contributed by atoms with Gasteiger partial charge in [0.15, 0.2) is 0 Å². The molecule has 0 unspecified atom stereocenters. The fourth-order valence-corrected chi connectivity index (χ4v) is 2.82. The molecule has 0 saturated heterocycles. The Morgan fingerprint density at radius 2 is 1.89 bits per heavy atom. The third-order valence-corrected chi connectivity index (χ3v) is 5.06. The molecule has 0 aliphatic heterocycles. The molecule has 0 saturated carbocycles. The van der Waals surface area contributed by atoms with Crippen molar-refractivity contribution in [3.8, 4) is 11.6 Å². The van der Waals surface area contributed by atoms with Crippen LogP contribution in [0, 0.1) is 3.57 Å². The lowest BCUT2D eigenvalue weighted by Gasteiger charge is -2.08. The predicted octanol–water partition coefficient (Wildman–Crippen LogP) is 4.48. The summed E-state index contributed by atoms with van der Waals surface area (Å²) in [6.07, 6.45) is 1.48. The number of halogens is 2. The third kappa shape index (κ3) is 4.95. The smallest absolute Gasteiger partial charge is 0.255 e. The topological polar surface area (TPSA) is 94.3 Å². The second-order valence-electron chi connectivity index (χ2n) is 5.46. The number of nitrogens with two attached hydrogens (primary N) is 1. The van der Waals surface area contributed by atoms with Crippen molar-refractivity contribution in [2.75, 3.05) is 5.32 Å². The maximum absolute atomic E-state index is 12.3. The van der Waals surface area contributed by atoms with Crippen LogP contribution >= 0.6 is 34.2 Å². The summed E-state index contributed by atoms with van der Waals surface area (Å²) in [5.41, 5.74) is 6.60. The van der Waals surface area contributed by atoms with E-state index in [0.29, 0.717) is 33.5 Å². The number of anilines is 1. The van der Waals surface area contributed by atoms with Gasteiger partial charge in [-0.25, -0.2) is 4.98 Å². The summed E-state index contributed by atoms with van der Waals surface area (Å²) in [4.78, 5) is 27.7. The molecule has 8 heteroatoms. The number of aromatic nitrogens is 1. The van der Waals surface area contributed by atoms with Gasteiger partial charge in [-0.05, 0) is 65.1 Å². The Morgan fingerprint density at radius 3 is 2.56 bits per heavy atom. The van der Waals surface area contributed by atoms with Crippen LogP contribution in [0.2, 0.25) is 5.02 Å². The van der Waals surface area contributed by atoms with E-state index in [1.54, 1.807) is 48.5 Å². The summed E-state index contributed by atoms with van der Waals surface area (Å²) < 4.78 is 6.39. The van der Waals surface area contributed by atoms with Crippen molar-refractivity contribution in [2.24, 2.45) is 5.73 Å². The molecule has 0 spiro atoms. The molecule has 1 heterocycles. The van der Waals surface area contributed by atoms with E-state index < -0.39 is 5.91 Å². The van der Waals surface area contributed by atoms with Gasteiger partial charge in [-0.1, -0.05) is 17.7 Å². The van der Waals surface area contributed by atoms with Crippen LogP contribution in [0.4, 0.5) is 5.69 Å². The zero-order valence-corrected chi connectivity index (χ0v) is 16.7. The highest BCUT2D eigenvalue weighted by atomic mass is 127. The van der Waals surface area contributed by atoms with Crippen LogP contribution in [-0.2, 0) is 0 Å². The SMILES string of the molecule is NC(=O)c1cccc(Oc2ccc(NC(=O)c3ccc(Cl)c(I)c3)cn2)c1. The molecule has 0 bridgehead atoms. The number of nitrogens with one attached hydrogen (secondary N) is 1. The summed E-state index contributed by atoms with van der Waals surface area (Å²) >= 11 is 8.03. The second kappa shape index (κ2) is 8.36. The number of amides is 2. The minimum absolute atomic E-state index is 0.269. The molecule has 3 rings (SSSR count). The number of hydrogen-bond acceptors (Lipinski definition) is 4. The first-order valence-corrected chi connectivity index (χ1v) is 9.18. The summed E-state index contributed by atoms with van der Waals surface area (Å²) in [6, 6.07) is 14.8. The molecule has 0 radical (unpaired) electrons. The van der Waals surface area contributed by atoms with Gasteiger partial charge in [0.2, 0.25) is 11.8 Å². The first-order valence-electron chi connectivity index (χ1n) is 7.72. The van der Waals surface area contributed by atoms with Crippen molar-refractivity contribution in [2.45, 2.75) is 0 Å². The number of ether oxygens (including phenoxy) is 1. The zero-order valence-electron chi connectivity index (χ0n) is 13.8. The van der Waals surface area contributed by atoms with Crippen LogP contribution in [0.25, 0.3) is 0 Å². The van der Waals surface area contributed by atoms with Gasteiger partial charge < -0.3 is 15.8 Å². The number of hydrogen-bond donors (Lipinski definition) is 2. The van der Waals surface area contributed by atoms with Crippen LogP contribution < -0.4 is 15.8 Å². The summed E-state index contributed by atoms with van der Waals surface area (Å²) in [7, 11) is 0. The maximum atomic E-state index is 12.3. The van der Waals surface area contributed by atoms with Crippen LogP contribution in [0.15, 0.2) is 60.8 Å². The molecule has 0 atom stereocenters. The van der Waals surface area contributed by atoms with Crippen molar-refractivity contribution >= 4 is 51.7 Å². The van der Waals surface area contributed by atoms with E-state index in [0.717, 1.165) is 3.57 Å². The van der Waals surface area contributed by atoms with Crippen LogP contribution in [-0.4, -0.2) is 16.8 Å². The van der Waals surface area contributed by atoms with Crippen molar-refractivity contribution in [3.05, 3.63) is 80.5 Å². The number of benzene rings is 2. The van der Waals surface area contributed by atoms with Crippen molar-refractivity contribution < 1.29 is 14.3 Å². The minimum Gasteiger partial charge on any atom is -0.439 e. The van der Waals surface area contributed by atoms with Crippen molar-refractivity contribution in [1.82, 2.24) is 4.98 Å². The number of nitrogens with zero attached hydrogens (tertiary/aromatic N) is 1. The average Bonchev–Trinajstić information content (AvgIpc) is 2.65. The predicted molar refractivity (Wildman–Crippen MR) is 111 cm³/mol. The van der Waals surface area contributed by atoms with Gasteiger partial charge in [0.05, 0.1) is 16.9 Å². The molecule has 3 aromatic rings. The first-order chi connectivity index (χ1) is 12.9. The number of pyridine rings is 1. The van der Waals surface area contributed by atoms with Gasteiger partial charge in [-0.2, -0.15) is 0 Å². The largest absolute Gasteiger partial charge is 0.439 e. The van der Waals surface area contributed by atoms with E-state index >= 15 is 0 Å². The fraction of sp³-hybridized carbons (Fsp3) is 0. The molecule has 2 aromatic carbocycles. The van der Waals surface area contributed by atoms with Crippen LogP contribution in [0.5, 0.6) is 11.6 Å². The zero-order chi connectivity index (χ0) is 19.4. The lowest BCUT2D eigenvalue weighted by molar-refractivity contribution is 0.0997. The number of rotatable bonds is 5. The van der Waals surface area contributed by atoms with E-state index in [-0.39, 0.29) is 5.91 Å². The average molecular weight is 494 g/mol. The van der Waals surface area contributed by atoms with E-state index in [9.17, 15) is 9.59 Å². The molecule has 27 heavy (non-hydrogen) atoms. The Bertz CT molecular complexity index is 1010.